The molecule has 1 heterocycles. The Morgan fingerprint density at radius 2 is 1.95 bits per heavy atom. The summed E-state index contributed by atoms with van der Waals surface area (Å²) in [5.74, 6) is -0.986. The summed E-state index contributed by atoms with van der Waals surface area (Å²) in [6.07, 6.45) is 1.69. The maximum Gasteiger partial charge on any atom is 0.347 e. The fourth-order valence-electron chi connectivity index (χ4n) is 1.63. The lowest BCUT2D eigenvalue weighted by Gasteiger charge is -2.28. The summed E-state index contributed by atoms with van der Waals surface area (Å²) >= 11 is 1.09. The number of nitrogens with one attached hydrogen (secondary N) is 2. The quantitative estimate of drug-likeness (QED) is 0.752. The van der Waals surface area contributed by atoms with Gasteiger partial charge in [0.1, 0.15) is 9.88 Å². The van der Waals surface area contributed by atoms with Crippen LogP contribution in [0.3, 0.4) is 0 Å². The SMILES string of the molecule is CCC(C)(CC)NC(=O)NCc1nc(C)c(C(=O)O)s1. The van der Waals surface area contributed by atoms with Gasteiger partial charge in [-0.05, 0) is 26.7 Å². The monoisotopic (exact) mass is 299 g/mol. The summed E-state index contributed by atoms with van der Waals surface area (Å²) < 4.78 is 0. The molecule has 0 bridgehead atoms. The van der Waals surface area contributed by atoms with Crippen LogP contribution >= 0.6 is 11.3 Å². The van der Waals surface area contributed by atoms with E-state index in [2.05, 4.69) is 15.6 Å². The predicted octanol–water partition coefficient (Wildman–Crippen LogP) is 2.53. The molecule has 0 spiro atoms. The van der Waals surface area contributed by atoms with Crippen LogP contribution in [-0.4, -0.2) is 27.6 Å². The molecule has 7 heteroatoms. The Morgan fingerprint density at radius 1 is 1.35 bits per heavy atom. The molecule has 1 aromatic rings. The highest BCUT2D eigenvalue weighted by molar-refractivity contribution is 7.13. The van der Waals surface area contributed by atoms with Crippen LogP contribution in [-0.2, 0) is 6.54 Å². The number of hydrogen-bond acceptors (Lipinski definition) is 4. The number of urea groups is 1. The molecular formula is C13H21N3O3S. The number of carbonyl (C=O) groups excluding carboxylic acids is 1. The van der Waals surface area contributed by atoms with E-state index in [1.165, 1.54) is 0 Å². The standard InChI is InChI=1S/C13H21N3O3S/c1-5-13(4,6-2)16-12(19)14-7-9-15-8(3)10(20-9)11(17)18/h5-7H2,1-4H3,(H,17,18)(H2,14,16,19). The molecule has 2 amide bonds. The summed E-state index contributed by atoms with van der Waals surface area (Å²) in [4.78, 5) is 27.1. The van der Waals surface area contributed by atoms with Crippen LogP contribution in [0.1, 0.15) is 54.0 Å². The molecule has 0 saturated heterocycles. The molecule has 0 radical (unpaired) electrons. The van der Waals surface area contributed by atoms with E-state index in [4.69, 9.17) is 5.11 Å². The van der Waals surface area contributed by atoms with E-state index in [-0.39, 0.29) is 23.0 Å². The maximum absolute atomic E-state index is 11.8. The van der Waals surface area contributed by atoms with E-state index in [0.29, 0.717) is 10.7 Å². The van der Waals surface area contributed by atoms with Gasteiger partial charge < -0.3 is 15.7 Å². The third-order valence-electron chi connectivity index (χ3n) is 3.41. The Kier molecular flexibility index (Phi) is 5.50. The highest BCUT2D eigenvalue weighted by atomic mass is 32.1. The van der Waals surface area contributed by atoms with Gasteiger partial charge in [0.15, 0.2) is 0 Å². The normalized spacial score (nSPS) is 11.2. The van der Waals surface area contributed by atoms with E-state index in [0.717, 1.165) is 24.2 Å². The van der Waals surface area contributed by atoms with E-state index in [1.54, 1.807) is 6.92 Å². The predicted molar refractivity (Wildman–Crippen MR) is 78.2 cm³/mol. The summed E-state index contributed by atoms with van der Waals surface area (Å²) in [5, 5.41) is 15.2. The van der Waals surface area contributed by atoms with Gasteiger partial charge >= 0.3 is 12.0 Å². The molecule has 6 nitrogen and oxygen atoms in total. The number of carboxylic acid groups (broad SMARTS) is 1. The summed E-state index contributed by atoms with van der Waals surface area (Å²) in [6.45, 7) is 7.91. The fraction of sp³-hybridized carbons (Fsp3) is 0.615. The molecule has 0 aliphatic rings. The van der Waals surface area contributed by atoms with E-state index in [1.807, 2.05) is 20.8 Å². The van der Waals surface area contributed by atoms with Crippen LogP contribution in [0.5, 0.6) is 0 Å². The summed E-state index contributed by atoms with van der Waals surface area (Å²) in [6, 6.07) is -0.263. The van der Waals surface area contributed by atoms with E-state index >= 15 is 0 Å². The summed E-state index contributed by atoms with van der Waals surface area (Å²) in [7, 11) is 0. The minimum Gasteiger partial charge on any atom is -0.477 e. The van der Waals surface area contributed by atoms with Crippen LogP contribution in [0.25, 0.3) is 0 Å². The van der Waals surface area contributed by atoms with Crippen LogP contribution in [0, 0.1) is 6.92 Å². The molecule has 0 aromatic carbocycles. The first kappa shape index (κ1) is 16.4. The van der Waals surface area contributed by atoms with Crippen molar-refractivity contribution in [3.8, 4) is 0 Å². The zero-order valence-corrected chi connectivity index (χ0v) is 13.1. The molecule has 0 atom stereocenters. The lowest BCUT2D eigenvalue weighted by atomic mass is 9.96. The number of hydrogen-bond donors (Lipinski definition) is 3. The Balaban J connectivity index is 2.57. The highest BCUT2D eigenvalue weighted by Gasteiger charge is 2.22. The van der Waals surface area contributed by atoms with Gasteiger partial charge in [0, 0.05) is 5.54 Å². The molecule has 0 aliphatic carbocycles. The third-order valence-corrected chi connectivity index (χ3v) is 4.56. The number of amides is 2. The molecule has 0 aliphatic heterocycles. The Morgan fingerprint density at radius 3 is 2.40 bits per heavy atom. The smallest absolute Gasteiger partial charge is 0.347 e. The van der Waals surface area contributed by atoms with E-state index < -0.39 is 5.97 Å². The number of thiazole rings is 1. The second-order valence-electron chi connectivity index (χ2n) is 4.90. The molecule has 1 aromatic heterocycles. The zero-order chi connectivity index (χ0) is 15.3. The molecular weight excluding hydrogens is 278 g/mol. The second-order valence-corrected chi connectivity index (χ2v) is 5.99. The first-order valence-corrected chi connectivity index (χ1v) is 7.38. The van der Waals surface area contributed by atoms with Crippen LogP contribution in [0.15, 0.2) is 0 Å². The van der Waals surface area contributed by atoms with Gasteiger partial charge in [0.25, 0.3) is 0 Å². The number of aryl methyl sites for hydroxylation is 1. The molecule has 0 fully saturated rings. The van der Waals surface area contributed by atoms with Crippen molar-refractivity contribution >= 4 is 23.3 Å². The molecule has 0 unspecified atom stereocenters. The van der Waals surface area contributed by atoms with Crippen molar-refractivity contribution < 1.29 is 14.7 Å². The lowest BCUT2D eigenvalue weighted by Crippen LogP contribution is -2.49. The molecule has 1 rings (SSSR count). The number of nitrogens with zero attached hydrogens (tertiary/aromatic N) is 1. The first-order valence-electron chi connectivity index (χ1n) is 6.57. The minimum absolute atomic E-state index is 0.217. The van der Waals surface area contributed by atoms with Crippen molar-refractivity contribution in [2.24, 2.45) is 0 Å². The molecule has 112 valence electrons. The van der Waals surface area contributed by atoms with E-state index in [9.17, 15) is 9.59 Å². The lowest BCUT2D eigenvalue weighted by molar-refractivity contribution is 0.0701. The summed E-state index contributed by atoms with van der Waals surface area (Å²) in [5.41, 5.74) is 0.251. The van der Waals surface area contributed by atoms with Crippen LogP contribution < -0.4 is 10.6 Å². The average molecular weight is 299 g/mol. The van der Waals surface area contributed by atoms with Crippen molar-refractivity contribution in [1.29, 1.82) is 0 Å². The van der Waals surface area contributed by atoms with Gasteiger partial charge in [-0.3, -0.25) is 0 Å². The third kappa shape index (κ3) is 4.19. The first-order chi connectivity index (χ1) is 9.31. The highest BCUT2D eigenvalue weighted by Crippen LogP contribution is 2.18. The van der Waals surface area contributed by atoms with Crippen molar-refractivity contribution in [3.63, 3.8) is 0 Å². The zero-order valence-electron chi connectivity index (χ0n) is 12.2. The van der Waals surface area contributed by atoms with Gasteiger partial charge in [0.05, 0.1) is 12.2 Å². The molecule has 3 N–H and O–H groups in total. The minimum atomic E-state index is -0.986. The van der Waals surface area contributed by atoms with Crippen LogP contribution in [0.4, 0.5) is 4.79 Å². The number of carbonyl (C=O) groups is 2. The van der Waals surface area contributed by atoms with Gasteiger partial charge in [-0.25, -0.2) is 14.6 Å². The van der Waals surface area contributed by atoms with Crippen molar-refractivity contribution in [3.05, 3.63) is 15.6 Å². The van der Waals surface area contributed by atoms with Crippen molar-refractivity contribution in [2.45, 2.75) is 52.6 Å². The number of aromatic carboxylic acids is 1. The maximum atomic E-state index is 11.8. The average Bonchev–Trinajstić information content (AvgIpc) is 2.77. The molecule has 20 heavy (non-hydrogen) atoms. The Bertz CT molecular complexity index is 495. The van der Waals surface area contributed by atoms with Gasteiger partial charge in [-0.15, -0.1) is 11.3 Å². The van der Waals surface area contributed by atoms with Crippen molar-refractivity contribution in [2.75, 3.05) is 0 Å². The van der Waals surface area contributed by atoms with Gasteiger partial charge in [-0.2, -0.15) is 0 Å². The Labute approximate surface area is 122 Å². The second kappa shape index (κ2) is 6.69. The van der Waals surface area contributed by atoms with Crippen LogP contribution in [0.2, 0.25) is 0 Å². The number of carboxylic acids is 1. The fourth-order valence-corrected chi connectivity index (χ4v) is 2.47. The number of rotatable bonds is 6. The largest absolute Gasteiger partial charge is 0.477 e. The van der Waals surface area contributed by atoms with Gasteiger partial charge in [0.2, 0.25) is 0 Å². The van der Waals surface area contributed by atoms with Gasteiger partial charge in [-0.1, -0.05) is 13.8 Å². The topological polar surface area (TPSA) is 91.3 Å². The Hall–Kier alpha value is -1.63. The number of aromatic nitrogens is 1. The van der Waals surface area contributed by atoms with Crippen molar-refractivity contribution in [1.82, 2.24) is 15.6 Å². The molecule has 0 saturated carbocycles.